The second-order valence-electron chi connectivity index (χ2n) is 3.81. The molecule has 94 valence electrons. The molecule has 0 amide bonds. The van der Waals surface area contributed by atoms with Gasteiger partial charge in [-0.05, 0) is 29.8 Å². The highest BCUT2D eigenvalue weighted by Crippen LogP contribution is 2.34. The molecular weight excluding hydrogens is 316 g/mol. The molecule has 4 heteroatoms. The monoisotopic (exact) mass is 326 g/mol. The molecule has 2 aromatic carbocycles. The van der Waals surface area contributed by atoms with Crippen molar-refractivity contribution in [3.8, 4) is 5.75 Å². The van der Waals surface area contributed by atoms with Crippen LogP contribution < -0.4 is 4.74 Å². The van der Waals surface area contributed by atoms with E-state index >= 15 is 0 Å². The van der Waals surface area contributed by atoms with Gasteiger partial charge in [0.2, 0.25) is 0 Å². The molecule has 2 nitrogen and oxygen atoms in total. The van der Waals surface area contributed by atoms with Crippen LogP contribution >= 0.6 is 27.5 Å². The van der Waals surface area contributed by atoms with Gasteiger partial charge in [-0.1, -0.05) is 45.7 Å². The molecule has 0 bridgehead atoms. The number of ether oxygens (including phenoxy) is 1. The minimum atomic E-state index is -0.783. The van der Waals surface area contributed by atoms with E-state index < -0.39 is 6.10 Å². The lowest BCUT2D eigenvalue weighted by molar-refractivity contribution is 0.214. The third-order valence-electron chi connectivity index (χ3n) is 2.69. The van der Waals surface area contributed by atoms with Crippen molar-refractivity contribution in [2.24, 2.45) is 0 Å². The molecule has 0 spiro atoms. The van der Waals surface area contributed by atoms with Crippen molar-refractivity contribution < 1.29 is 9.84 Å². The van der Waals surface area contributed by atoms with Crippen LogP contribution in [-0.4, -0.2) is 12.2 Å². The van der Waals surface area contributed by atoms with Crippen LogP contribution in [0.25, 0.3) is 0 Å². The van der Waals surface area contributed by atoms with Gasteiger partial charge in [0.05, 0.1) is 7.11 Å². The molecule has 0 saturated heterocycles. The Balaban J connectivity index is 2.48. The summed E-state index contributed by atoms with van der Waals surface area (Å²) in [5, 5.41) is 11.0. The fourth-order valence-corrected chi connectivity index (χ4v) is 2.47. The molecule has 2 rings (SSSR count). The van der Waals surface area contributed by atoms with Crippen molar-refractivity contribution in [3.05, 3.63) is 63.1 Å². The number of methoxy groups -OCH3 is 1. The van der Waals surface area contributed by atoms with Crippen LogP contribution in [-0.2, 0) is 0 Å². The minimum absolute atomic E-state index is 0.567. The van der Waals surface area contributed by atoms with Gasteiger partial charge in [0.25, 0.3) is 0 Å². The average Bonchev–Trinajstić information content (AvgIpc) is 2.38. The zero-order valence-corrected chi connectivity index (χ0v) is 12.1. The molecule has 18 heavy (non-hydrogen) atoms. The number of halogens is 2. The van der Waals surface area contributed by atoms with E-state index in [2.05, 4.69) is 15.9 Å². The fraction of sp³-hybridized carbons (Fsp3) is 0.143. The molecular formula is C14H12BrClO2. The number of hydrogen-bond acceptors (Lipinski definition) is 2. The van der Waals surface area contributed by atoms with Gasteiger partial charge in [-0.15, -0.1) is 0 Å². The van der Waals surface area contributed by atoms with E-state index in [-0.39, 0.29) is 0 Å². The number of hydrogen-bond donors (Lipinski definition) is 1. The maximum Gasteiger partial charge on any atom is 0.125 e. The summed E-state index contributed by atoms with van der Waals surface area (Å²) in [5.41, 5.74) is 1.43. The van der Waals surface area contributed by atoms with Crippen molar-refractivity contribution >= 4 is 27.5 Å². The second-order valence-corrected chi connectivity index (χ2v) is 5.10. The zero-order valence-electron chi connectivity index (χ0n) is 9.73. The van der Waals surface area contributed by atoms with Crippen LogP contribution in [0.1, 0.15) is 17.2 Å². The summed E-state index contributed by atoms with van der Waals surface area (Å²) in [6, 6.07) is 12.7. The van der Waals surface area contributed by atoms with Crippen molar-refractivity contribution in [2.45, 2.75) is 6.10 Å². The molecule has 0 radical (unpaired) electrons. The standard InChI is InChI=1S/C14H12BrClO2/c1-18-13-7-6-9(16)8-11(13)14(17)10-4-2-3-5-12(10)15/h2-8,14,17H,1H3. The Morgan fingerprint density at radius 1 is 1.17 bits per heavy atom. The Morgan fingerprint density at radius 2 is 1.89 bits per heavy atom. The summed E-state index contributed by atoms with van der Waals surface area (Å²) in [4.78, 5) is 0. The zero-order chi connectivity index (χ0) is 13.1. The van der Waals surface area contributed by atoms with Crippen molar-refractivity contribution in [1.82, 2.24) is 0 Å². The summed E-state index contributed by atoms with van der Waals surface area (Å²) in [7, 11) is 1.57. The lowest BCUT2D eigenvalue weighted by Gasteiger charge is -2.16. The van der Waals surface area contributed by atoms with Crippen molar-refractivity contribution in [3.63, 3.8) is 0 Å². The van der Waals surface area contributed by atoms with Crippen molar-refractivity contribution in [2.75, 3.05) is 7.11 Å². The Kier molecular flexibility index (Phi) is 4.27. The summed E-state index contributed by atoms with van der Waals surface area (Å²) in [6.07, 6.45) is -0.783. The number of aliphatic hydroxyl groups is 1. The van der Waals surface area contributed by atoms with Gasteiger partial charge < -0.3 is 9.84 Å². The van der Waals surface area contributed by atoms with E-state index in [0.717, 1.165) is 10.0 Å². The topological polar surface area (TPSA) is 29.5 Å². The molecule has 2 aromatic rings. The van der Waals surface area contributed by atoms with Crippen molar-refractivity contribution in [1.29, 1.82) is 0 Å². The number of benzene rings is 2. The largest absolute Gasteiger partial charge is 0.496 e. The Morgan fingerprint density at radius 3 is 2.56 bits per heavy atom. The van der Waals surface area contributed by atoms with Gasteiger partial charge in [-0.2, -0.15) is 0 Å². The molecule has 1 unspecified atom stereocenters. The molecule has 1 atom stereocenters. The first-order valence-electron chi connectivity index (χ1n) is 5.39. The molecule has 0 aliphatic carbocycles. The predicted molar refractivity (Wildman–Crippen MR) is 76.2 cm³/mol. The average molecular weight is 328 g/mol. The van der Waals surface area contributed by atoms with Gasteiger partial charge in [0.1, 0.15) is 11.9 Å². The maximum atomic E-state index is 10.4. The molecule has 0 fully saturated rings. The minimum Gasteiger partial charge on any atom is -0.496 e. The highest BCUT2D eigenvalue weighted by Gasteiger charge is 2.17. The van der Waals surface area contributed by atoms with E-state index in [4.69, 9.17) is 16.3 Å². The van der Waals surface area contributed by atoms with Crippen LogP contribution in [0.15, 0.2) is 46.9 Å². The smallest absolute Gasteiger partial charge is 0.125 e. The predicted octanol–water partition coefficient (Wildman–Crippen LogP) is 4.19. The van der Waals surface area contributed by atoms with E-state index in [0.29, 0.717) is 16.3 Å². The third-order valence-corrected chi connectivity index (χ3v) is 3.64. The summed E-state index contributed by atoms with van der Waals surface area (Å²) < 4.78 is 6.10. The second kappa shape index (κ2) is 5.74. The summed E-state index contributed by atoms with van der Waals surface area (Å²) in [5.74, 6) is 0.614. The van der Waals surface area contributed by atoms with Gasteiger partial charge >= 0.3 is 0 Å². The van der Waals surface area contributed by atoms with Crippen LogP contribution in [0.3, 0.4) is 0 Å². The lowest BCUT2D eigenvalue weighted by atomic mass is 10.0. The first-order valence-corrected chi connectivity index (χ1v) is 6.56. The maximum absolute atomic E-state index is 10.4. The molecule has 0 heterocycles. The number of aliphatic hydroxyl groups excluding tert-OH is 1. The van der Waals surface area contributed by atoms with Crippen LogP contribution in [0.2, 0.25) is 5.02 Å². The highest BCUT2D eigenvalue weighted by molar-refractivity contribution is 9.10. The SMILES string of the molecule is COc1ccc(Cl)cc1C(O)c1ccccc1Br. The van der Waals surface area contributed by atoms with Gasteiger partial charge in [0, 0.05) is 15.1 Å². The highest BCUT2D eigenvalue weighted by atomic mass is 79.9. The lowest BCUT2D eigenvalue weighted by Crippen LogP contribution is -2.03. The molecule has 0 saturated carbocycles. The Labute approximate surface area is 119 Å². The van der Waals surface area contributed by atoms with Gasteiger partial charge in [-0.3, -0.25) is 0 Å². The van der Waals surface area contributed by atoms with E-state index in [1.807, 2.05) is 24.3 Å². The van der Waals surface area contributed by atoms with Gasteiger partial charge in [-0.25, -0.2) is 0 Å². The third kappa shape index (κ3) is 2.69. The summed E-state index contributed by atoms with van der Waals surface area (Å²) in [6.45, 7) is 0. The molecule has 1 N–H and O–H groups in total. The first-order chi connectivity index (χ1) is 8.63. The Hall–Kier alpha value is -1.03. The van der Waals surface area contributed by atoms with Crippen LogP contribution in [0.4, 0.5) is 0 Å². The van der Waals surface area contributed by atoms with Crippen LogP contribution in [0.5, 0.6) is 5.75 Å². The van der Waals surface area contributed by atoms with E-state index in [1.54, 1.807) is 25.3 Å². The normalized spacial score (nSPS) is 12.2. The Bertz CT molecular complexity index is 557. The summed E-state index contributed by atoms with van der Waals surface area (Å²) >= 11 is 9.39. The van der Waals surface area contributed by atoms with Gasteiger partial charge in [0.15, 0.2) is 0 Å². The fourth-order valence-electron chi connectivity index (χ4n) is 1.78. The molecule has 0 aliphatic heterocycles. The quantitative estimate of drug-likeness (QED) is 0.916. The number of rotatable bonds is 3. The molecule has 0 aliphatic rings. The van der Waals surface area contributed by atoms with E-state index in [1.165, 1.54) is 0 Å². The van der Waals surface area contributed by atoms with Crippen LogP contribution in [0, 0.1) is 0 Å². The molecule has 0 aromatic heterocycles. The first kappa shape index (κ1) is 13.4. The van der Waals surface area contributed by atoms with E-state index in [9.17, 15) is 5.11 Å².